The molecule has 1 aromatic carbocycles. The number of furan rings is 1. The Kier molecular flexibility index (Phi) is 3.15. The number of hydrogen-bond donors (Lipinski definition) is 0. The van der Waals surface area contributed by atoms with Gasteiger partial charge < -0.3 is 9.32 Å². The zero-order valence-electron chi connectivity index (χ0n) is 9.64. The van der Waals surface area contributed by atoms with Gasteiger partial charge in [0.2, 0.25) is 0 Å². The summed E-state index contributed by atoms with van der Waals surface area (Å²) in [6.45, 7) is 2.80. The zero-order valence-corrected chi connectivity index (χ0v) is 9.64. The van der Waals surface area contributed by atoms with Gasteiger partial charge in [0.1, 0.15) is 11.8 Å². The molecule has 2 rings (SSSR count). The minimum atomic E-state index is -0.0876. The molecule has 0 aliphatic carbocycles. The van der Waals surface area contributed by atoms with E-state index in [9.17, 15) is 4.79 Å². The molecule has 0 saturated carbocycles. The molecule has 0 unspecified atom stereocenters. The van der Waals surface area contributed by atoms with Crippen LogP contribution in [0.25, 0.3) is 11.0 Å². The quantitative estimate of drug-likeness (QED) is 0.755. The summed E-state index contributed by atoms with van der Waals surface area (Å²) in [6, 6.07) is 7.46. The van der Waals surface area contributed by atoms with Crippen LogP contribution in [0.1, 0.15) is 17.3 Å². The van der Waals surface area contributed by atoms with Crippen LogP contribution < -0.4 is 0 Å². The summed E-state index contributed by atoms with van der Waals surface area (Å²) < 4.78 is 5.34. The summed E-state index contributed by atoms with van der Waals surface area (Å²) in [5.41, 5.74) is 1.28. The molecular formula is C14H13NO2. The predicted molar refractivity (Wildman–Crippen MR) is 66.6 cm³/mol. The summed E-state index contributed by atoms with van der Waals surface area (Å²) in [5.74, 6) is 2.40. The van der Waals surface area contributed by atoms with E-state index in [4.69, 9.17) is 10.8 Å². The van der Waals surface area contributed by atoms with Gasteiger partial charge in [0, 0.05) is 11.9 Å². The second-order valence-electron chi connectivity index (χ2n) is 3.67. The standard InChI is InChI=1S/C14H13NO2/c1-3-9-15(4-2)14(16)12-10-17-13-8-6-5-7-11(12)13/h1,5-8,10H,4,9H2,2H3. The minimum absolute atomic E-state index is 0.0876. The lowest BCUT2D eigenvalue weighted by Crippen LogP contribution is -2.30. The van der Waals surface area contributed by atoms with Crippen LogP contribution in [0.2, 0.25) is 0 Å². The number of benzene rings is 1. The lowest BCUT2D eigenvalue weighted by Gasteiger charge is -2.16. The molecule has 0 spiro atoms. The van der Waals surface area contributed by atoms with E-state index < -0.39 is 0 Å². The molecule has 0 atom stereocenters. The van der Waals surface area contributed by atoms with Crippen LogP contribution in [0, 0.1) is 12.3 Å². The van der Waals surface area contributed by atoms with Crippen molar-refractivity contribution in [2.45, 2.75) is 6.92 Å². The summed E-state index contributed by atoms with van der Waals surface area (Å²) in [7, 11) is 0. The molecule has 0 saturated heterocycles. The highest BCUT2D eigenvalue weighted by molar-refractivity contribution is 6.05. The van der Waals surface area contributed by atoms with Crippen LogP contribution in [0.4, 0.5) is 0 Å². The third-order valence-corrected chi connectivity index (χ3v) is 2.66. The average molecular weight is 227 g/mol. The maximum Gasteiger partial charge on any atom is 0.258 e. The van der Waals surface area contributed by atoms with Crippen molar-refractivity contribution in [3.63, 3.8) is 0 Å². The molecule has 0 bridgehead atoms. The molecule has 1 amide bonds. The Bertz CT molecular complexity index is 577. The Balaban J connectivity index is 2.40. The minimum Gasteiger partial charge on any atom is -0.463 e. The van der Waals surface area contributed by atoms with Crippen LogP contribution in [-0.2, 0) is 0 Å². The molecule has 0 N–H and O–H groups in total. The summed E-state index contributed by atoms with van der Waals surface area (Å²) in [4.78, 5) is 13.8. The number of carbonyl (C=O) groups is 1. The van der Waals surface area contributed by atoms with Crippen molar-refractivity contribution in [2.75, 3.05) is 13.1 Å². The molecule has 0 radical (unpaired) electrons. The fourth-order valence-electron chi connectivity index (χ4n) is 1.75. The number of nitrogens with zero attached hydrogens (tertiary/aromatic N) is 1. The Labute approximate surface area is 100 Å². The van der Waals surface area contributed by atoms with Crippen LogP contribution in [0.15, 0.2) is 34.9 Å². The maximum absolute atomic E-state index is 12.2. The van der Waals surface area contributed by atoms with Gasteiger partial charge in [0.15, 0.2) is 0 Å². The van der Waals surface area contributed by atoms with E-state index in [1.807, 2.05) is 31.2 Å². The highest BCUT2D eigenvalue weighted by Crippen LogP contribution is 2.21. The predicted octanol–water partition coefficient (Wildman–Crippen LogP) is 2.53. The molecule has 0 fully saturated rings. The van der Waals surface area contributed by atoms with Gasteiger partial charge in [0.05, 0.1) is 12.1 Å². The Morgan fingerprint density at radius 2 is 2.24 bits per heavy atom. The van der Waals surface area contributed by atoms with Gasteiger partial charge in [-0.1, -0.05) is 24.1 Å². The van der Waals surface area contributed by atoms with Crippen molar-refractivity contribution in [2.24, 2.45) is 0 Å². The zero-order chi connectivity index (χ0) is 12.3. The molecule has 0 aliphatic heterocycles. The van der Waals surface area contributed by atoms with Gasteiger partial charge in [-0.3, -0.25) is 4.79 Å². The second kappa shape index (κ2) is 4.75. The smallest absolute Gasteiger partial charge is 0.258 e. The first-order chi connectivity index (χ1) is 8.27. The number of para-hydroxylation sites is 1. The van der Waals surface area contributed by atoms with Crippen LogP contribution in [0.5, 0.6) is 0 Å². The van der Waals surface area contributed by atoms with Crippen molar-refractivity contribution in [1.82, 2.24) is 4.90 Å². The number of hydrogen-bond acceptors (Lipinski definition) is 2. The van der Waals surface area contributed by atoms with Crippen molar-refractivity contribution in [3.8, 4) is 12.3 Å². The van der Waals surface area contributed by atoms with E-state index in [0.717, 1.165) is 5.39 Å². The largest absolute Gasteiger partial charge is 0.463 e. The molecule has 0 aliphatic rings. The Hall–Kier alpha value is -2.21. The fourth-order valence-corrected chi connectivity index (χ4v) is 1.75. The Morgan fingerprint density at radius 1 is 1.47 bits per heavy atom. The normalized spacial score (nSPS) is 10.1. The number of fused-ring (bicyclic) bond motifs is 1. The fraction of sp³-hybridized carbons (Fsp3) is 0.214. The molecule has 1 heterocycles. The van der Waals surface area contributed by atoms with E-state index in [1.165, 1.54) is 6.26 Å². The molecule has 3 nitrogen and oxygen atoms in total. The van der Waals surface area contributed by atoms with Crippen molar-refractivity contribution in [1.29, 1.82) is 0 Å². The van der Waals surface area contributed by atoms with Crippen molar-refractivity contribution < 1.29 is 9.21 Å². The van der Waals surface area contributed by atoms with Crippen LogP contribution in [-0.4, -0.2) is 23.9 Å². The molecule has 3 heteroatoms. The lowest BCUT2D eigenvalue weighted by molar-refractivity contribution is 0.0786. The molecule has 2 aromatic rings. The van der Waals surface area contributed by atoms with E-state index in [-0.39, 0.29) is 5.91 Å². The van der Waals surface area contributed by atoms with Gasteiger partial charge in [-0.05, 0) is 13.0 Å². The first kappa shape index (κ1) is 11.3. The van der Waals surface area contributed by atoms with Gasteiger partial charge in [-0.2, -0.15) is 0 Å². The molecule has 17 heavy (non-hydrogen) atoms. The summed E-state index contributed by atoms with van der Waals surface area (Å²) in [5, 5.41) is 0.827. The molecule has 1 aromatic heterocycles. The SMILES string of the molecule is C#CCN(CC)C(=O)c1coc2ccccc12. The van der Waals surface area contributed by atoms with Crippen LogP contribution >= 0.6 is 0 Å². The number of carbonyl (C=O) groups excluding carboxylic acids is 1. The highest BCUT2D eigenvalue weighted by atomic mass is 16.3. The van der Waals surface area contributed by atoms with E-state index in [1.54, 1.807) is 4.90 Å². The van der Waals surface area contributed by atoms with Gasteiger partial charge >= 0.3 is 0 Å². The maximum atomic E-state index is 12.2. The summed E-state index contributed by atoms with van der Waals surface area (Å²) >= 11 is 0. The third-order valence-electron chi connectivity index (χ3n) is 2.66. The highest BCUT2D eigenvalue weighted by Gasteiger charge is 2.18. The van der Waals surface area contributed by atoms with Gasteiger partial charge in [-0.15, -0.1) is 6.42 Å². The lowest BCUT2D eigenvalue weighted by atomic mass is 10.1. The molecular weight excluding hydrogens is 214 g/mol. The number of rotatable bonds is 3. The van der Waals surface area contributed by atoms with Gasteiger partial charge in [-0.25, -0.2) is 0 Å². The number of amides is 1. The monoisotopic (exact) mass is 227 g/mol. The average Bonchev–Trinajstić information content (AvgIpc) is 2.79. The van der Waals surface area contributed by atoms with E-state index >= 15 is 0 Å². The van der Waals surface area contributed by atoms with Crippen LogP contribution in [0.3, 0.4) is 0 Å². The number of terminal acetylenes is 1. The van der Waals surface area contributed by atoms with E-state index in [0.29, 0.717) is 24.2 Å². The Morgan fingerprint density at radius 3 is 2.94 bits per heavy atom. The van der Waals surface area contributed by atoms with E-state index in [2.05, 4.69) is 5.92 Å². The van der Waals surface area contributed by atoms with Crippen molar-refractivity contribution in [3.05, 3.63) is 36.1 Å². The first-order valence-electron chi connectivity index (χ1n) is 5.47. The first-order valence-corrected chi connectivity index (χ1v) is 5.47. The summed E-state index contributed by atoms with van der Waals surface area (Å²) in [6.07, 6.45) is 6.73. The topological polar surface area (TPSA) is 33.5 Å². The second-order valence-corrected chi connectivity index (χ2v) is 3.67. The van der Waals surface area contributed by atoms with Crippen molar-refractivity contribution >= 4 is 16.9 Å². The van der Waals surface area contributed by atoms with Gasteiger partial charge in [0.25, 0.3) is 5.91 Å². The molecule has 86 valence electrons. The third kappa shape index (κ3) is 2.02.